The van der Waals surface area contributed by atoms with Crippen LogP contribution in [-0.2, 0) is 6.54 Å². The second-order valence-electron chi connectivity index (χ2n) is 6.22. The van der Waals surface area contributed by atoms with Crippen molar-refractivity contribution in [3.63, 3.8) is 0 Å². The predicted molar refractivity (Wildman–Crippen MR) is 108 cm³/mol. The van der Waals surface area contributed by atoms with Crippen LogP contribution in [0.4, 0.5) is 16.2 Å². The summed E-state index contributed by atoms with van der Waals surface area (Å²) in [5.41, 5.74) is 7.27. The van der Waals surface area contributed by atoms with Crippen molar-refractivity contribution in [2.45, 2.75) is 6.54 Å². The number of nitrogens with two attached hydrogens (primary N) is 1. The molecule has 0 bridgehead atoms. The molecule has 0 fully saturated rings. The van der Waals surface area contributed by atoms with E-state index < -0.39 is 11.0 Å². The van der Waals surface area contributed by atoms with Crippen molar-refractivity contribution in [3.05, 3.63) is 86.8 Å². The number of amides is 2. The Morgan fingerprint density at radius 2 is 2.00 bits per heavy atom. The number of benzene rings is 2. The lowest BCUT2D eigenvalue weighted by atomic mass is 10.0. The molecule has 0 atom stereocenters. The van der Waals surface area contributed by atoms with Gasteiger partial charge in [0.05, 0.1) is 24.3 Å². The van der Waals surface area contributed by atoms with Crippen LogP contribution in [0.3, 0.4) is 0 Å². The smallest absolute Gasteiger partial charge is 0.316 e. The van der Waals surface area contributed by atoms with Crippen LogP contribution < -0.4 is 21.3 Å². The summed E-state index contributed by atoms with van der Waals surface area (Å²) in [6, 6.07) is 13.6. The van der Waals surface area contributed by atoms with E-state index in [2.05, 4.69) is 5.32 Å². The molecule has 29 heavy (non-hydrogen) atoms. The molecule has 0 saturated heterocycles. The van der Waals surface area contributed by atoms with Crippen molar-refractivity contribution in [1.29, 1.82) is 0 Å². The van der Waals surface area contributed by atoms with E-state index in [1.54, 1.807) is 30.3 Å². The summed E-state index contributed by atoms with van der Waals surface area (Å²) in [7, 11) is 1.51. The standard InChI is InChI=1S/C20H18N4O5/c1-29-18-7-5-13(9-17(18)14-3-2-4-16(10-14)24(27)28)11-23-12-15(22-20(21)26)6-8-19(23)25/h2-10,12H,11H2,1H3,(H3,21,22,26). The summed E-state index contributed by atoms with van der Waals surface area (Å²) < 4.78 is 6.81. The third kappa shape index (κ3) is 4.59. The lowest BCUT2D eigenvalue weighted by Crippen LogP contribution is -2.23. The van der Waals surface area contributed by atoms with Crippen molar-refractivity contribution in [2.75, 3.05) is 12.4 Å². The molecule has 0 spiro atoms. The Bertz CT molecular complexity index is 1140. The van der Waals surface area contributed by atoms with Gasteiger partial charge in [0.2, 0.25) is 0 Å². The number of carbonyl (C=O) groups excluding carboxylic acids is 1. The normalized spacial score (nSPS) is 10.4. The van der Waals surface area contributed by atoms with Crippen molar-refractivity contribution in [1.82, 2.24) is 4.57 Å². The quantitative estimate of drug-likeness (QED) is 0.490. The van der Waals surface area contributed by atoms with E-state index in [-0.39, 0.29) is 17.8 Å². The average molecular weight is 394 g/mol. The van der Waals surface area contributed by atoms with Crippen LogP contribution in [0.25, 0.3) is 11.1 Å². The highest BCUT2D eigenvalue weighted by Crippen LogP contribution is 2.33. The summed E-state index contributed by atoms with van der Waals surface area (Å²) in [5.74, 6) is 0.547. The van der Waals surface area contributed by atoms with Crippen LogP contribution in [0.15, 0.2) is 65.6 Å². The number of aromatic nitrogens is 1. The van der Waals surface area contributed by atoms with Crippen molar-refractivity contribution >= 4 is 17.4 Å². The summed E-state index contributed by atoms with van der Waals surface area (Å²) in [6.45, 7) is 0.221. The molecule has 0 aliphatic carbocycles. The first kappa shape index (κ1) is 19.6. The molecule has 0 aliphatic heterocycles. The monoisotopic (exact) mass is 394 g/mol. The molecule has 2 aromatic carbocycles. The number of methoxy groups -OCH3 is 1. The maximum Gasteiger partial charge on any atom is 0.316 e. The predicted octanol–water partition coefficient (Wildman–Crippen LogP) is 2.97. The largest absolute Gasteiger partial charge is 0.496 e. The molecule has 1 heterocycles. The zero-order valence-corrected chi connectivity index (χ0v) is 15.5. The van der Waals surface area contributed by atoms with Gasteiger partial charge >= 0.3 is 6.03 Å². The summed E-state index contributed by atoms with van der Waals surface area (Å²) >= 11 is 0. The van der Waals surface area contributed by atoms with E-state index in [4.69, 9.17) is 10.5 Å². The van der Waals surface area contributed by atoms with Crippen molar-refractivity contribution in [2.24, 2.45) is 5.73 Å². The number of primary amides is 1. The molecule has 3 N–H and O–H groups in total. The Morgan fingerprint density at radius 3 is 2.69 bits per heavy atom. The van der Waals surface area contributed by atoms with Gasteiger partial charge in [-0.2, -0.15) is 0 Å². The minimum absolute atomic E-state index is 0.0311. The minimum Gasteiger partial charge on any atom is -0.496 e. The number of hydrogen-bond donors (Lipinski definition) is 2. The van der Waals surface area contributed by atoms with E-state index in [1.165, 1.54) is 42.1 Å². The molecular formula is C20H18N4O5. The van der Waals surface area contributed by atoms with Crippen molar-refractivity contribution in [3.8, 4) is 16.9 Å². The SMILES string of the molecule is COc1ccc(Cn2cc(NC(N)=O)ccc2=O)cc1-c1cccc([N+](=O)[O-])c1. The van der Waals surface area contributed by atoms with E-state index in [9.17, 15) is 19.7 Å². The Kier molecular flexibility index (Phi) is 5.59. The second-order valence-corrected chi connectivity index (χ2v) is 6.22. The Balaban J connectivity index is 2.00. The molecule has 2 amide bonds. The van der Waals surface area contributed by atoms with Crippen molar-refractivity contribution < 1.29 is 14.5 Å². The number of non-ortho nitro benzene ring substituents is 1. The van der Waals surface area contributed by atoms with Gasteiger partial charge in [-0.05, 0) is 29.3 Å². The van der Waals surface area contributed by atoms with E-state index in [1.807, 2.05) is 0 Å². The number of hydrogen-bond acceptors (Lipinski definition) is 5. The molecule has 3 aromatic rings. The second kappa shape index (κ2) is 8.26. The number of carbonyl (C=O) groups is 1. The van der Waals surface area contributed by atoms with E-state index in [0.717, 1.165) is 5.56 Å². The zero-order chi connectivity index (χ0) is 21.0. The van der Waals surface area contributed by atoms with Crippen LogP contribution in [0.1, 0.15) is 5.56 Å². The summed E-state index contributed by atoms with van der Waals surface area (Å²) in [4.78, 5) is 33.8. The highest BCUT2D eigenvalue weighted by molar-refractivity contribution is 5.87. The number of rotatable bonds is 6. The topological polar surface area (TPSA) is 129 Å². The first-order valence-electron chi connectivity index (χ1n) is 8.56. The van der Waals surface area contributed by atoms with E-state index in [0.29, 0.717) is 22.6 Å². The third-order valence-corrected chi connectivity index (χ3v) is 4.24. The number of pyridine rings is 1. The Morgan fingerprint density at radius 1 is 1.21 bits per heavy atom. The number of nitro benzene ring substituents is 1. The molecule has 9 nitrogen and oxygen atoms in total. The van der Waals surface area contributed by atoms with Gasteiger partial charge in [0, 0.05) is 30.0 Å². The van der Waals surface area contributed by atoms with Gasteiger partial charge in [-0.1, -0.05) is 18.2 Å². The van der Waals surface area contributed by atoms with E-state index >= 15 is 0 Å². The maximum absolute atomic E-state index is 12.2. The van der Waals surface area contributed by atoms with Crippen LogP contribution in [0.2, 0.25) is 0 Å². The Hall–Kier alpha value is -4.14. The minimum atomic E-state index is -0.729. The first-order valence-corrected chi connectivity index (χ1v) is 8.56. The number of nitrogens with one attached hydrogen (secondary N) is 1. The zero-order valence-electron chi connectivity index (χ0n) is 15.5. The number of nitrogens with zero attached hydrogens (tertiary/aromatic N) is 2. The molecule has 9 heteroatoms. The number of anilines is 1. The summed E-state index contributed by atoms with van der Waals surface area (Å²) in [5, 5.41) is 13.5. The van der Waals surface area contributed by atoms with Crippen LogP contribution >= 0.6 is 0 Å². The molecule has 0 unspecified atom stereocenters. The molecule has 0 saturated carbocycles. The van der Waals surface area contributed by atoms with Gasteiger partial charge < -0.3 is 20.4 Å². The van der Waals surface area contributed by atoms with Crippen LogP contribution in [0.5, 0.6) is 5.75 Å². The molecule has 1 aromatic heterocycles. The van der Waals surface area contributed by atoms with Gasteiger partial charge in [0.1, 0.15) is 5.75 Å². The molecular weight excluding hydrogens is 376 g/mol. The molecule has 0 aliphatic rings. The third-order valence-electron chi connectivity index (χ3n) is 4.24. The highest BCUT2D eigenvalue weighted by atomic mass is 16.6. The van der Waals surface area contributed by atoms with Gasteiger partial charge in [-0.15, -0.1) is 0 Å². The highest BCUT2D eigenvalue weighted by Gasteiger charge is 2.12. The van der Waals surface area contributed by atoms with Gasteiger partial charge in [-0.25, -0.2) is 4.79 Å². The first-order chi connectivity index (χ1) is 13.9. The number of nitro groups is 1. The number of urea groups is 1. The molecule has 3 rings (SSSR count). The fraction of sp³-hybridized carbons (Fsp3) is 0.100. The lowest BCUT2D eigenvalue weighted by Gasteiger charge is -2.13. The summed E-state index contributed by atoms with van der Waals surface area (Å²) in [6.07, 6.45) is 1.49. The average Bonchev–Trinajstić information content (AvgIpc) is 2.70. The van der Waals surface area contributed by atoms with Gasteiger partial charge in [0.25, 0.3) is 11.2 Å². The maximum atomic E-state index is 12.2. The fourth-order valence-corrected chi connectivity index (χ4v) is 2.93. The van der Waals surface area contributed by atoms with Gasteiger partial charge in [-0.3, -0.25) is 14.9 Å². The number of ether oxygens (including phenoxy) is 1. The molecule has 148 valence electrons. The lowest BCUT2D eigenvalue weighted by molar-refractivity contribution is -0.384. The van der Waals surface area contributed by atoms with Crippen LogP contribution in [0, 0.1) is 10.1 Å². The fourth-order valence-electron chi connectivity index (χ4n) is 2.93. The Labute approximate surface area is 165 Å². The molecule has 0 radical (unpaired) electrons. The van der Waals surface area contributed by atoms with Crippen LogP contribution in [-0.4, -0.2) is 22.6 Å². The van der Waals surface area contributed by atoms with Gasteiger partial charge in [0.15, 0.2) is 0 Å².